The molecule has 2 unspecified atom stereocenters. The number of hydrogen-bond donors (Lipinski definition) is 2. The van der Waals surface area contributed by atoms with E-state index in [1.54, 1.807) is 14.2 Å². The van der Waals surface area contributed by atoms with Crippen LogP contribution in [0.1, 0.15) is 32.3 Å². The molecule has 1 fully saturated rings. The fourth-order valence-electron chi connectivity index (χ4n) is 3.45. The lowest BCUT2D eigenvalue weighted by Gasteiger charge is -2.35. The van der Waals surface area contributed by atoms with Crippen LogP contribution >= 0.6 is 0 Å². The Kier molecular flexibility index (Phi) is 8.04. The highest BCUT2D eigenvalue weighted by molar-refractivity contribution is 5.73. The van der Waals surface area contributed by atoms with E-state index in [0.29, 0.717) is 25.6 Å². The van der Waals surface area contributed by atoms with E-state index in [4.69, 9.17) is 9.47 Å². The van der Waals surface area contributed by atoms with Gasteiger partial charge in [0.2, 0.25) is 0 Å². The third-order valence-corrected chi connectivity index (χ3v) is 5.04. The smallest absolute Gasteiger partial charge is 0.314 e. The molecule has 6 nitrogen and oxygen atoms in total. The molecule has 1 aromatic carbocycles. The average Bonchev–Trinajstić information content (AvgIpc) is 2.66. The summed E-state index contributed by atoms with van der Waals surface area (Å²) in [5.74, 6) is 2.34. The Labute approximate surface area is 157 Å². The normalized spacial score (nSPS) is 18.8. The summed E-state index contributed by atoms with van der Waals surface area (Å²) in [6.45, 7) is 7.95. The van der Waals surface area contributed by atoms with Gasteiger partial charge in [-0.2, -0.15) is 0 Å². The Morgan fingerprint density at radius 2 is 2.12 bits per heavy atom. The highest BCUT2D eigenvalue weighted by Gasteiger charge is 2.21. The topological polar surface area (TPSA) is 62.8 Å². The van der Waals surface area contributed by atoms with Crippen molar-refractivity contribution >= 4 is 6.03 Å². The van der Waals surface area contributed by atoms with Crippen LogP contribution in [-0.2, 0) is 6.42 Å². The fraction of sp³-hybridized carbons (Fsp3) is 0.650. The fourth-order valence-corrected chi connectivity index (χ4v) is 3.45. The van der Waals surface area contributed by atoms with Crippen molar-refractivity contribution in [2.45, 2.75) is 39.2 Å². The second-order valence-electron chi connectivity index (χ2n) is 7.16. The highest BCUT2D eigenvalue weighted by atomic mass is 16.5. The minimum Gasteiger partial charge on any atom is -0.497 e. The molecule has 0 radical (unpaired) electrons. The molecule has 0 bridgehead atoms. The summed E-state index contributed by atoms with van der Waals surface area (Å²) in [7, 11) is 3.29. The number of carbonyl (C=O) groups is 1. The summed E-state index contributed by atoms with van der Waals surface area (Å²) in [6, 6.07) is 5.93. The first-order chi connectivity index (χ1) is 12.5. The van der Waals surface area contributed by atoms with Crippen LogP contribution in [0.2, 0.25) is 0 Å². The number of likely N-dealkylation sites (tertiary alicyclic amines) is 1. The minimum absolute atomic E-state index is 0.122. The number of methoxy groups -OCH3 is 2. The lowest BCUT2D eigenvalue weighted by Crippen LogP contribution is -2.48. The SMILES string of the molecule is COc1ccc(OC)c(CCNC(=O)NCC(C)N2CCCC(C)C2)c1. The Hall–Kier alpha value is -1.95. The van der Waals surface area contributed by atoms with Crippen molar-refractivity contribution in [3.05, 3.63) is 23.8 Å². The molecular weight excluding hydrogens is 330 g/mol. The van der Waals surface area contributed by atoms with Gasteiger partial charge >= 0.3 is 6.03 Å². The number of benzene rings is 1. The van der Waals surface area contributed by atoms with E-state index in [1.807, 2.05) is 18.2 Å². The number of nitrogens with one attached hydrogen (secondary N) is 2. The van der Waals surface area contributed by atoms with Crippen molar-refractivity contribution in [1.82, 2.24) is 15.5 Å². The van der Waals surface area contributed by atoms with E-state index in [9.17, 15) is 4.79 Å². The number of urea groups is 1. The number of amides is 2. The van der Waals surface area contributed by atoms with Crippen LogP contribution in [0.5, 0.6) is 11.5 Å². The van der Waals surface area contributed by atoms with Gasteiger partial charge in [-0.05, 0) is 62.4 Å². The monoisotopic (exact) mass is 363 g/mol. The summed E-state index contributed by atoms with van der Waals surface area (Å²) >= 11 is 0. The second-order valence-corrected chi connectivity index (χ2v) is 7.16. The highest BCUT2D eigenvalue weighted by Crippen LogP contribution is 2.24. The molecule has 26 heavy (non-hydrogen) atoms. The number of nitrogens with zero attached hydrogens (tertiary/aromatic N) is 1. The van der Waals surface area contributed by atoms with Gasteiger partial charge in [-0.1, -0.05) is 6.92 Å². The zero-order chi connectivity index (χ0) is 18.9. The van der Waals surface area contributed by atoms with E-state index < -0.39 is 0 Å². The van der Waals surface area contributed by atoms with E-state index in [-0.39, 0.29) is 6.03 Å². The molecule has 1 aliphatic heterocycles. The molecule has 1 heterocycles. The zero-order valence-corrected chi connectivity index (χ0v) is 16.5. The van der Waals surface area contributed by atoms with Crippen LogP contribution in [0.25, 0.3) is 0 Å². The van der Waals surface area contributed by atoms with Crippen LogP contribution in [0, 0.1) is 5.92 Å². The van der Waals surface area contributed by atoms with E-state index in [2.05, 4.69) is 29.4 Å². The minimum atomic E-state index is -0.122. The van der Waals surface area contributed by atoms with Gasteiger partial charge in [0, 0.05) is 25.7 Å². The maximum atomic E-state index is 12.1. The first-order valence-corrected chi connectivity index (χ1v) is 9.50. The largest absolute Gasteiger partial charge is 0.497 e. The molecule has 1 saturated heterocycles. The first kappa shape index (κ1) is 20.4. The molecular formula is C20H33N3O3. The number of hydrogen-bond acceptors (Lipinski definition) is 4. The van der Waals surface area contributed by atoms with Gasteiger partial charge in [0.05, 0.1) is 14.2 Å². The van der Waals surface area contributed by atoms with Gasteiger partial charge < -0.3 is 20.1 Å². The molecule has 2 atom stereocenters. The third-order valence-electron chi connectivity index (χ3n) is 5.04. The van der Waals surface area contributed by atoms with Crippen molar-refractivity contribution in [2.75, 3.05) is 40.4 Å². The van der Waals surface area contributed by atoms with Gasteiger partial charge in [0.15, 0.2) is 0 Å². The summed E-state index contributed by atoms with van der Waals surface area (Å²) < 4.78 is 10.6. The second kappa shape index (κ2) is 10.3. The van der Waals surface area contributed by atoms with E-state index in [1.165, 1.54) is 12.8 Å². The van der Waals surface area contributed by atoms with E-state index in [0.717, 1.165) is 36.1 Å². The molecule has 0 spiro atoms. The Bertz CT molecular complexity index is 579. The number of carbonyl (C=O) groups excluding carboxylic acids is 1. The van der Waals surface area contributed by atoms with Crippen molar-refractivity contribution in [1.29, 1.82) is 0 Å². The summed E-state index contributed by atoms with van der Waals surface area (Å²) in [6.07, 6.45) is 3.25. The maximum absolute atomic E-state index is 12.1. The molecule has 146 valence electrons. The Morgan fingerprint density at radius 3 is 2.81 bits per heavy atom. The number of ether oxygens (including phenoxy) is 2. The molecule has 2 rings (SSSR count). The lowest BCUT2D eigenvalue weighted by atomic mass is 9.99. The number of piperidine rings is 1. The van der Waals surface area contributed by atoms with Gasteiger partial charge in [-0.25, -0.2) is 4.79 Å². The summed E-state index contributed by atoms with van der Waals surface area (Å²) in [5, 5.41) is 5.91. The summed E-state index contributed by atoms with van der Waals surface area (Å²) in [4.78, 5) is 14.5. The van der Waals surface area contributed by atoms with E-state index >= 15 is 0 Å². The van der Waals surface area contributed by atoms with Crippen LogP contribution < -0.4 is 20.1 Å². The van der Waals surface area contributed by atoms with Gasteiger partial charge in [0.1, 0.15) is 11.5 Å². The van der Waals surface area contributed by atoms with Crippen LogP contribution in [0.3, 0.4) is 0 Å². The van der Waals surface area contributed by atoms with Crippen molar-refractivity contribution in [3.63, 3.8) is 0 Å². The molecule has 6 heteroatoms. The number of rotatable bonds is 8. The van der Waals surface area contributed by atoms with Crippen molar-refractivity contribution in [2.24, 2.45) is 5.92 Å². The summed E-state index contributed by atoms with van der Waals surface area (Å²) in [5.41, 5.74) is 1.02. The van der Waals surface area contributed by atoms with Crippen molar-refractivity contribution in [3.8, 4) is 11.5 Å². The van der Waals surface area contributed by atoms with Crippen LogP contribution in [0.15, 0.2) is 18.2 Å². The molecule has 1 aliphatic rings. The molecule has 1 aromatic rings. The quantitative estimate of drug-likeness (QED) is 0.745. The molecule has 0 saturated carbocycles. The molecule has 2 N–H and O–H groups in total. The van der Waals surface area contributed by atoms with Gasteiger partial charge in [-0.3, -0.25) is 4.90 Å². The average molecular weight is 364 g/mol. The Balaban J connectivity index is 1.72. The first-order valence-electron chi connectivity index (χ1n) is 9.50. The van der Waals surface area contributed by atoms with Gasteiger partial charge in [0.25, 0.3) is 0 Å². The third kappa shape index (κ3) is 6.09. The predicted octanol–water partition coefficient (Wildman–Crippen LogP) is 2.67. The van der Waals surface area contributed by atoms with Crippen LogP contribution in [-0.4, -0.2) is 57.4 Å². The Morgan fingerprint density at radius 1 is 1.31 bits per heavy atom. The predicted molar refractivity (Wildman–Crippen MR) is 104 cm³/mol. The lowest BCUT2D eigenvalue weighted by molar-refractivity contribution is 0.137. The molecule has 2 amide bonds. The zero-order valence-electron chi connectivity index (χ0n) is 16.5. The standard InChI is InChI=1S/C20H33N3O3/c1-15-6-5-11-23(14-15)16(2)13-22-20(24)21-10-9-17-12-18(25-3)7-8-19(17)26-4/h7-8,12,15-16H,5-6,9-11,13-14H2,1-4H3,(H2,21,22,24). The maximum Gasteiger partial charge on any atom is 0.314 e. The van der Waals surface area contributed by atoms with Crippen molar-refractivity contribution < 1.29 is 14.3 Å². The van der Waals surface area contributed by atoms with Crippen LogP contribution in [0.4, 0.5) is 4.79 Å². The van der Waals surface area contributed by atoms with Gasteiger partial charge in [-0.15, -0.1) is 0 Å². The molecule has 0 aliphatic carbocycles. The molecule has 0 aromatic heterocycles.